The van der Waals surface area contributed by atoms with Crippen molar-refractivity contribution in [1.82, 2.24) is 4.90 Å². The van der Waals surface area contributed by atoms with E-state index in [2.05, 4.69) is 46.1 Å². The van der Waals surface area contributed by atoms with Crippen LogP contribution in [-0.2, 0) is 8.91 Å². The highest BCUT2D eigenvalue weighted by Crippen LogP contribution is 2.42. The van der Waals surface area contributed by atoms with Crippen molar-refractivity contribution in [3.8, 4) is 0 Å². The largest absolute Gasteiger partial charge is 0.465 e. The predicted molar refractivity (Wildman–Crippen MR) is 82.6 cm³/mol. The molecule has 0 spiro atoms. The first-order valence-corrected chi connectivity index (χ1v) is 10.1. The molecule has 2 atom stereocenters. The maximum Gasteiger partial charge on any atom is 0.169 e. The van der Waals surface area contributed by atoms with Gasteiger partial charge in [0.1, 0.15) is 10.5 Å². The Hall–Kier alpha value is 0.0238. The lowest BCUT2D eigenvalue weighted by atomic mass is 9.78. The number of likely N-dealkylation sites (tertiary alicyclic amines) is 1. The van der Waals surface area contributed by atoms with Crippen molar-refractivity contribution in [2.24, 2.45) is 0 Å². The number of hydrogen-bond donors (Lipinski definition) is 0. The van der Waals surface area contributed by atoms with Crippen molar-refractivity contribution in [3.63, 3.8) is 0 Å². The number of piperidine rings is 1. The van der Waals surface area contributed by atoms with Crippen LogP contribution in [0.1, 0.15) is 47.5 Å². The van der Waals surface area contributed by atoms with E-state index in [0.717, 1.165) is 29.9 Å². The lowest BCUT2D eigenvalue weighted by Gasteiger charge is -2.54. The number of rotatable bonds is 4. The van der Waals surface area contributed by atoms with Gasteiger partial charge in [0.15, 0.2) is 14.8 Å². The van der Waals surface area contributed by atoms with E-state index in [1.54, 1.807) is 0 Å². The smallest absolute Gasteiger partial charge is 0.169 e. The van der Waals surface area contributed by atoms with Crippen LogP contribution in [0.25, 0.3) is 0 Å². The van der Waals surface area contributed by atoms with Gasteiger partial charge in [-0.1, -0.05) is 6.92 Å². The Morgan fingerprint density at radius 2 is 2.00 bits per heavy atom. The SMILES string of the molecule is CCCN1C(C)(C)CC([SiH](C)O[SiH3])C(=O)C1(C)C. The third-order valence-corrected chi connectivity index (χ3v) is 9.10. The van der Waals surface area contributed by atoms with Crippen LogP contribution in [0.15, 0.2) is 0 Å². The minimum atomic E-state index is -1.35. The van der Waals surface area contributed by atoms with Gasteiger partial charge in [-0.3, -0.25) is 9.69 Å². The lowest BCUT2D eigenvalue weighted by molar-refractivity contribution is -0.140. The first kappa shape index (κ1) is 16.1. The Balaban J connectivity index is 3.08. The molecule has 1 saturated heterocycles. The van der Waals surface area contributed by atoms with Crippen LogP contribution in [0.2, 0.25) is 12.1 Å². The molecule has 0 aliphatic carbocycles. The Morgan fingerprint density at radius 3 is 2.44 bits per heavy atom. The fourth-order valence-electron chi connectivity index (χ4n) is 3.43. The molecule has 18 heavy (non-hydrogen) atoms. The van der Waals surface area contributed by atoms with E-state index in [4.69, 9.17) is 4.12 Å². The predicted octanol–water partition coefficient (Wildman–Crippen LogP) is 1.25. The monoisotopic (exact) mass is 287 g/mol. The highest BCUT2D eigenvalue weighted by Gasteiger charge is 2.52. The summed E-state index contributed by atoms with van der Waals surface area (Å²) in [7, 11) is -0.588. The number of hydrogen-bond acceptors (Lipinski definition) is 3. The van der Waals surface area contributed by atoms with Crippen LogP contribution in [0.5, 0.6) is 0 Å². The summed E-state index contributed by atoms with van der Waals surface area (Å²) in [6.07, 6.45) is 2.06. The molecule has 0 aromatic carbocycles. The van der Waals surface area contributed by atoms with Gasteiger partial charge in [0.25, 0.3) is 0 Å². The summed E-state index contributed by atoms with van der Waals surface area (Å²) in [5.74, 6) is 0.408. The molecule has 1 heterocycles. The van der Waals surface area contributed by atoms with E-state index in [9.17, 15) is 4.79 Å². The molecule has 0 N–H and O–H groups in total. The highest BCUT2D eigenvalue weighted by atomic mass is 28.3. The van der Waals surface area contributed by atoms with Gasteiger partial charge in [-0.15, -0.1) is 0 Å². The molecule has 0 aromatic heterocycles. The molecular weight excluding hydrogens is 258 g/mol. The molecular formula is C13H29NO2Si2. The van der Waals surface area contributed by atoms with Crippen molar-refractivity contribution in [3.05, 3.63) is 0 Å². The zero-order chi connectivity index (χ0) is 14.1. The third kappa shape index (κ3) is 2.79. The number of nitrogens with zero attached hydrogens (tertiary/aromatic N) is 1. The van der Waals surface area contributed by atoms with E-state index in [-0.39, 0.29) is 16.6 Å². The second kappa shape index (κ2) is 5.57. The first-order chi connectivity index (χ1) is 8.18. The maximum atomic E-state index is 12.7. The van der Waals surface area contributed by atoms with Gasteiger partial charge in [0.2, 0.25) is 0 Å². The van der Waals surface area contributed by atoms with Crippen molar-refractivity contribution < 1.29 is 8.91 Å². The topological polar surface area (TPSA) is 29.5 Å². The molecule has 0 radical (unpaired) electrons. The molecule has 1 fully saturated rings. The molecule has 0 amide bonds. The zero-order valence-electron chi connectivity index (χ0n) is 13.0. The van der Waals surface area contributed by atoms with Gasteiger partial charge >= 0.3 is 0 Å². The lowest BCUT2D eigenvalue weighted by Crippen LogP contribution is -2.66. The quantitative estimate of drug-likeness (QED) is 0.729. The van der Waals surface area contributed by atoms with Crippen LogP contribution >= 0.6 is 0 Å². The normalized spacial score (nSPS) is 29.4. The van der Waals surface area contributed by atoms with Gasteiger partial charge in [0, 0.05) is 11.1 Å². The van der Waals surface area contributed by atoms with Crippen LogP contribution in [-0.4, -0.2) is 47.8 Å². The van der Waals surface area contributed by atoms with E-state index >= 15 is 0 Å². The summed E-state index contributed by atoms with van der Waals surface area (Å²) in [5.41, 5.74) is -0.0657. The molecule has 1 aliphatic rings. The van der Waals surface area contributed by atoms with Crippen molar-refractivity contribution in [2.75, 3.05) is 6.54 Å². The zero-order valence-corrected chi connectivity index (χ0v) is 16.2. The van der Waals surface area contributed by atoms with Crippen molar-refractivity contribution in [1.29, 1.82) is 0 Å². The fraction of sp³-hybridized carbons (Fsp3) is 0.923. The number of carbonyl (C=O) groups excluding carboxylic acids is 1. The average molecular weight is 288 g/mol. The molecule has 0 aromatic rings. The van der Waals surface area contributed by atoms with E-state index in [1.807, 2.05) is 0 Å². The second-order valence-electron chi connectivity index (χ2n) is 6.64. The Labute approximate surface area is 117 Å². The van der Waals surface area contributed by atoms with E-state index in [0.29, 0.717) is 5.78 Å². The fourth-order valence-corrected chi connectivity index (χ4v) is 6.49. The molecule has 1 aliphatic heterocycles. The minimum Gasteiger partial charge on any atom is -0.465 e. The second-order valence-corrected chi connectivity index (χ2v) is 10.7. The summed E-state index contributed by atoms with van der Waals surface area (Å²) < 4.78 is 5.68. The van der Waals surface area contributed by atoms with Gasteiger partial charge in [-0.25, -0.2) is 0 Å². The standard InChI is InChI=1S/C13H29NO2Si2/c1-7-8-14-12(2,3)9-10(18(6)16-17)11(15)13(14,4)5/h10,18H,7-9H2,1-6,17H3. The van der Waals surface area contributed by atoms with Crippen molar-refractivity contribution >= 4 is 25.3 Å². The number of Topliss-reactive ketones (excluding diaryl/α,β-unsaturated/α-hetero) is 1. The molecule has 3 nitrogen and oxygen atoms in total. The average Bonchev–Trinajstić information content (AvgIpc) is 2.29. The summed E-state index contributed by atoms with van der Waals surface area (Å²) >= 11 is 0. The van der Waals surface area contributed by atoms with Crippen LogP contribution in [0, 0.1) is 0 Å². The molecule has 106 valence electrons. The first-order valence-electron chi connectivity index (χ1n) is 7.03. The Bertz CT molecular complexity index is 318. The summed E-state index contributed by atoms with van der Waals surface area (Å²) in [6, 6.07) is 0. The molecule has 5 heteroatoms. The van der Waals surface area contributed by atoms with Crippen LogP contribution < -0.4 is 0 Å². The number of ketones is 1. The third-order valence-electron chi connectivity index (χ3n) is 4.45. The van der Waals surface area contributed by atoms with Crippen LogP contribution in [0.4, 0.5) is 0 Å². The van der Waals surface area contributed by atoms with E-state index < -0.39 is 9.04 Å². The highest BCUT2D eigenvalue weighted by molar-refractivity contribution is 6.60. The summed E-state index contributed by atoms with van der Waals surface area (Å²) in [4.78, 5) is 15.1. The molecule has 0 bridgehead atoms. The van der Waals surface area contributed by atoms with Gasteiger partial charge in [-0.05, 0) is 53.6 Å². The maximum absolute atomic E-state index is 12.7. The number of carbonyl (C=O) groups is 1. The van der Waals surface area contributed by atoms with E-state index in [1.165, 1.54) is 0 Å². The Kier molecular flexibility index (Phi) is 4.97. The minimum absolute atomic E-state index is 0.0967. The Morgan fingerprint density at radius 1 is 1.44 bits per heavy atom. The summed E-state index contributed by atoms with van der Waals surface area (Å²) in [6.45, 7) is 14.1. The van der Waals surface area contributed by atoms with Crippen molar-refractivity contribution in [2.45, 2.75) is 70.6 Å². The molecule has 1 rings (SSSR count). The summed E-state index contributed by atoms with van der Waals surface area (Å²) in [5, 5.41) is 0. The van der Waals surface area contributed by atoms with Gasteiger partial charge in [0.05, 0.1) is 5.54 Å². The van der Waals surface area contributed by atoms with Gasteiger partial charge < -0.3 is 4.12 Å². The van der Waals surface area contributed by atoms with Gasteiger partial charge in [-0.2, -0.15) is 0 Å². The molecule has 2 unspecified atom stereocenters. The van der Waals surface area contributed by atoms with Crippen LogP contribution in [0.3, 0.4) is 0 Å². The molecule has 0 saturated carbocycles.